The lowest BCUT2D eigenvalue weighted by Crippen LogP contribution is -2.11. The van der Waals surface area contributed by atoms with E-state index in [0.717, 1.165) is 0 Å². The Bertz CT molecular complexity index is 366. The van der Waals surface area contributed by atoms with Crippen molar-refractivity contribution in [2.24, 2.45) is 0 Å². The maximum absolute atomic E-state index is 11.5. The van der Waals surface area contributed by atoms with Crippen molar-refractivity contribution in [3.05, 3.63) is 23.3 Å². The molecule has 1 heterocycles. The Morgan fingerprint density at radius 1 is 1.50 bits per heavy atom. The van der Waals surface area contributed by atoms with E-state index in [1.807, 2.05) is 0 Å². The van der Waals surface area contributed by atoms with E-state index in [4.69, 9.17) is 9.47 Å². The van der Waals surface area contributed by atoms with Crippen LogP contribution in [0.2, 0.25) is 0 Å². The van der Waals surface area contributed by atoms with Crippen LogP contribution in [0.5, 0.6) is 0 Å². The van der Waals surface area contributed by atoms with Crippen LogP contribution in [0.4, 0.5) is 0 Å². The van der Waals surface area contributed by atoms with Crippen LogP contribution in [-0.4, -0.2) is 36.3 Å². The summed E-state index contributed by atoms with van der Waals surface area (Å²) in [5.41, 5.74) is 1.06. The number of esters is 1. The fraction of sp³-hybridized carbons (Fsp3) is 0.545. The predicted molar refractivity (Wildman–Crippen MR) is 58.3 cm³/mol. The average molecular weight is 224 g/mol. The van der Waals surface area contributed by atoms with E-state index in [1.54, 1.807) is 21.0 Å². The molecular formula is C11H16N2O3. The maximum Gasteiger partial charge on any atom is 0.341 e. The molecule has 0 amide bonds. The number of rotatable bonds is 5. The van der Waals surface area contributed by atoms with Crippen LogP contribution in [-0.2, 0) is 15.9 Å². The summed E-state index contributed by atoms with van der Waals surface area (Å²) < 4.78 is 9.82. The normalized spacial score (nSPS) is 10.2. The van der Waals surface area contributed by atoms with Gasteiger partial charge in [-0.25, -0.2) is 14.8 Å². The number of carbonyl (C=O) groups is 1. The molecule has 0 aliphatic heterocycles. The zero-order valence-corrected chi connectivity index (χ0v) is 9.82. The second kappa shape index (κ2) is 6.17. The molecule has 0 bridgehead atoms. The Morgan fingerprint density at radius 3 is 2.81 bits per heavy atom. The number of nitrogens with zero attached hydrogens (tertiary/aromatic N) is 2. The molecule has 0 saturated carbocycles. The highest BCUT2D eigenvalue weighted by Gasteiger charge is 2.12. The number of aryl methyl sites for hydroxylation is 1. The van der Waals surface area contributed by atoms with Gasteiger partial charge >= 0.3 is 5.97 Å². The lowest BCUT2D eigenvalue weighted by molar-refractivity contribution is 0.0524. The molecule has 1 aromatic rings. The Morgan fingerprint density at radius 2 is 2.25 bits per heavy atom. The molecule has 0 fully saturated rings. The van der Waals surface area contributed by atoms with Crippen LogP contribution >= 0.6 is 0 Å². The van der Waals surface area contributed by atoms with Crippen LogP contribution in [0.1, 0.15) is 28.8 Å². The molecule has 0 aliphatic carbocycles. The summed E-state index contributed by atoms with van der Waals surface area (Å²) in [6.07, 6.45) is 2.14. The van der Waals surface area contributed by atoms with Gasteiger partial charge in [0, 0.05) is 19.7 Å². The van der Waals surface area contributed by atoms with Gasteiger partial charge in [-0.1, -0.05) is 0 Å². The molecule has 0 radical (unpaired) electrons. The molecule has 16 heavy (non-hydrogen) atoms. The smallest absolute Gasteiger partial charge is 0.341 e. The lowest BCUT2D eigenvalue weighted by Gasteiger charge is -2.06. The number of hydrogen-bond acceptors (Lipinski definition) is 5. The Hall–Kier alpha value is -1.49. The summed E-state index contributed by atoms with van der Waals surface area (Å²) in [4.78, 5) is 19.8. The molecule has 5 nitrogen and oxygen atoms in total. The minimum atomic E-state index is -0.377. The molecule has 0 unspecified atom stereocenters. The molecule has 88 valence electrons. The highest BCUT2D eigenvalue weighted by atomic mass is 16.5. The van der Waals surface area contributed by atoms with Crippen LogP contribution in [0.3, 0.4) is 0 Å². The summed E-state index contributed by atoms with van der Waals surface area (Å²) in [7, 11) is 1.62. The van der Waals surface area contributed by atoms with Gasteiger partial charge in [0.2, 0.25) is 0 Å². The molecular weight excluding hydrogens is 208 g/mol. The van der Waals surface area contributed by atoms with Gasteiger partial charge in [-0.3, -0.25) is 0 Å². The third-order valence-corrected chi connectivity index (χ3v) is 2.05. The van der Waals surface area contributed by atoms with Crippen molar-refractivity contribution in [2.75, 3.05) is 20.3 Å². The number of hydrogen-bond donors (Lipinski definition) is 0. The van der Waals surface area contributed by atoms with Gasteiger partial charge in [0.1, 0.15) is 5.82 Å². The first kappa shape index (κ1) is 12.6. The van der Waals surface area contributed by atoms with Gasteiger partial charge < -0.3 is 9.47 Å². The monoisotopic (exact) mass is 224 g/mol. The molecule has 0 spiro atoms. The molecule has 1 rings (SSSR count). The highest BCUT2D eigenvalue weighted by Crippen LogP contribution is 2.06. The standard InChI is InChI=1S/C11H16N2O3/c1-4-16-11(14)9-7-12-10(5-6-15-3)13-8(9)2/h7H,4-6H2,1-3H3. The Kier molecular flexibility index (Phi) is 4.85. The van der Waals surface area contributed by atoms with Crippen molar-refractivity contribution in [1.82, 2.24) is 9.97 Å². The van der Waals surface area contributed by atoms with Gasteiger partial charge in [0.15, 0.2) is 0 Å². The van der Waals surface area contributed by atoms with Gasteiger partial charge in [0.25, 0.3) is 0 Å². The SMILES string of the molecule is CCOC(=O)c1cnc(CCOC)nc1C. The second-order valence-corrected chi connectivity index (χ2v) is 3.25. The Labute approximate surface area is 94.8 Å². The molecule has 0 N–H and O–H groups in total. The van der Waals surface area contributed by atoms with Crippen molar-refractivity contribution in [1.29, 1.82) is 0 Å². The molecule has 0 aliphatic rings. The lowest BCUT2D eigenvalue weighted by atomic mass is 10.2. The molecule has 5 heteroatoms. The summed E-state index contributed by atoms with van der Waals surface area (Å²) >= 11 is 0. The fourth-order valence-corrected chi connectivity index (χ4v) is 1.24. The van der Waals surface area contributed by atoms with Gasteiger partial charge in [0.05, 0.1) is 24.5 Å². The van der Waals surface area contributed by atoms with E-state index in [2.05, 4.69) is 9.97 Å². The molecule has 0 saturated heterocycles. The van der Waals surface area contributed by atoms with Crippen molar-refractivity contribution < 1.29 is 14.3 Å². The number of methoxy groups -OCH3 is 1. The van der Waals surface area contributed by atoms with Crippen LogP contribution < -0.4 is 0 Å². The van der Waals surface area contributed by atoms with E-state index in [1.165, 1.54) is 6.20 Å². The first-order valence-electron chi connectivity index (χ1n) is 5.17. The maximum atomic E-state index is 11.5. The van der Waals surface area contributed by atoms with Gasteiger partial charge in [-0.2, -0.15) is 0 Å². The summed E-state index contributed by atoms with van der Waals surface area (Å²) in [5.74, 6) is 0.297. The molecule has 1 aromatic heterocycles. The largest absolute Gasteiger partial charge is 0.462 e. The minimum absolute atomic E-state index is 0.351. The third kappa shape index (κ3) is 3.27. The fourth-order valence-electron chi connectivity index (χ4n) is 1.24. The van der Waals surface area contributed by atoms with Gasteiger partial charge in [-0.05, 0) is 13.8 Å². The van der Waals surface area contributed by atoms with E-state index >= 15 is 0 Å². The summed E-state index contributed by atoms with van der Waals surface area (Å²) in [5, 5.41) is 0. The van der Waals surface area contributed by atoms with Crippen molar-refractivity contribution in [2.45, 2.75) is 20.3 Å². The highest BCUT2D eigenvalue weighted by molar-refractivity contribution is 5.90. The second-order valence-electron chi connectivity index (χ2n) is 3.25. The molecule has 0 atom stereocenters. The van der Waals surface area contributed by atoms with E-state index in [-0.39, 0.29) is 5.97 Å². The van der Waals surface area contributed by atoms with Crippen molar-refractivity contribution in [3.63, 3.8) is 0 Å². The number of carbonyl (C=O) groups excluding carboxylic acids is 1. The quantitative estimate of drug-likeness (QED) is 0.702. The Balaban J connectivity index is 2.78. The number of ether oxygens (including phenoxy) is 2. The van der Waals surface area contributed by atoms with Gasteiger partial charge in [-0.15, -0.1) is 0 Å². The topological polar surface area (TPSA) is 61.3 Å². The predicted octanol–water partition coefficient (Wildman–Crippen LogP) is 1.15. The summed E-state index contributed by atoms with van der Waals surface area (Å²) in [6, 6.07) is 0. The first-order valence-corrected chi connectivity index (χ1v) is 5.17. The van der Waals surface area contributed by atoms with E-state index in [9.17, 15) is 4.79 Å². The summed E-state index contributed by atoms with van der Waals surface area (Å²) in [6.45, 7) is 4.45. The van der Waals surface area contributed by atoms with Crippen molar-refractivity contribution in [3.8, 4) is 0 Å². The third-order valence-electron chi connectivity index (χ3n) is 2.05. The molecule has 0 aromatic carbocycles. The van der Waals surface area contributed by atoms with Crippen LogP contribution in [0.15, 0.2) is 6.20 Å². The van der Waals surface area contributed by atoms with E-state index in [0.29, 0.717) is 36.7 Å². The zero-order valence-electron chi connectivity index (χ0n) is 9.82. The average Bonchev–Trinajstić information content (AvgIpc) is 2.26. The van der Waals surface area contributed by atoms with E-state index < -0.39 is 0 Å². The minimum Gasteiger partial charge on any atom is -0.462 e. The zero-order chi connectivity index (χ0) is 12.0. The first-order chi connectivity index (χ1) is 7.69. The van der Waals surface area contributed by atoms with Crippen molar-refractivity contribution >= 4 is 5.97 Å². The van der Waals surface area contributed by atoms with Crippen LogP contribution in [0, 0.1) is 6.92 Å². The number of aromatic nitrogens is 2. The van der Waals surface area contributed by atoms with Crippen LogP contribution in [0.25, 0.3) is 0 Å².